The predicted octanol–water partition coefficient (Wildman–Crippen LogP) is 4.35. The summed E-state index contributed by atoms with van der Waals surface area (Å²) in [6, 6.07) is 13.3. The highest BCUT2D eigenvalue weighted by atomic mass is 79.9. The predicted molar refractivity (Wildman–Crippen MR) is 181 cm³/mol. The molecule has 250 valence electrons. The average molecular weight is 729 g/mol. The summed E-state index contributed by atoms with van der Waals surface area (Å²) >= 11 is 9.82. The summed E-state index contributed by atoms with van der Waals surface area (Å²) in [4.78, 5) is 58.2. The van der Waals surface area contributed by atoms with Gasteiger partial charge in [-0.15, -0.1) is 13.2 Å². The molecule has 3 heterocycles. The van der Waals surface area contributed by atoms with Gasteiger partial charge in [-0.05, 0) is 49.6 Å². The van der Waals surface area contributed by atoms with Crippen LogP contribution in [0.3, 0.4) is 0 Å². The zero-order valence-corrected chi connectivity index (χ0v) is 28.4. The summed E-state index contributed by atoms with van der Waals surface area (Å²) in [5.74, 6) is -3.69. The van der Waals surface area contributed by atoms with Crippen LogP contribution < -0.4 is 10.2 Å². The van der Waals surface area contributed by atoms with Crippen molar-refractivity contribution in [2.75, 3.05) is 24.7 Å². The summed E-state index contributed by atoms with van der Waals surface area (Å²) in [5.41, 5.74) is -0.0753. The van der Waals surface area contributed by atoms with E-state index in [9.17, 15) is 24.3 Å². The fourth-order valence-electron chi connectivity index (χ4n) is 7.07. The van der Waals surface area contributed by atoms with Crippen molar-refractivity contribution in [3.05, 3.63) is 90.5 Å². The Balaban J connectivity index is 1.49. The first-order valence-corrected chi connectivity index (χ1v) is 16.9. The number of amides is 3. The molecule has 3 saturated heterocycles. The first-order chi connectivity index (χ1) is 22.6. The molecule has 1 spiro atoms. The minimum absolute atomic E-state index is 0.113. The van der Waals surface area contributed by atoms with Gasteiger partial charge >= 0.3 is 5.97 Å². The summed E-state index contributed by atoms with van der Waals surface area (Å²) in [5, 5.41) is 13.8. The van der Waals surface area contributed by atoms with Gasteiger partial charge in [0.2, 0.25) is 11.8 Å². The monoisotopic (exact) mass is 727 g/mol. The lowest BCUT2D eigenvalue weighted by Crippen LogP contribution is -2.59. The van der Waals surface area contributed by atoms with Crippen molar-refractivity contribution < 1.29 is 33.8 Å². The third-order valence-corrected chi connectivity index (χ3v) is 10.3. The van der Waals surface area contributed by atoms with Gasteiger partial charge < -0.3 is 29.7 Å². The van der Waals surface area contributed by atoms with E-state index in [0.717, 1.165) is 5.56 Å². The number of ether oxygens (including phenoxy) is 2. The van der Waals surface area contributed by atoms with Gasteiger partial charge in [0.15, 0.2) is 0 Å². The number of hydrogen-bond acceptors (Lipinski definition) is 7. The molecule has 2 bridgehead atoms. The van der Waals surface area contributed by atoms with Crippen LogP contribution in [-0.2, 0) is 28.7 Å². The molecule has 3 amide bonds. The number of aliphatic hydroxyl groups excluding tert-OH is 1. The molecule has 47 heavy (non-hydrogen) atoms. The molecule has 3 aliphatic rings. The van der Waals surface area contributed by atoms with Gasteiger partial charge in [0, 0.05) is 28.5 Å². The molecule has 3 fully saturated rings. The summed E-state index contributed by atoms with van der Waals surface area (Å²) in [6.07, 6.45) is 3.43. The van der Waals surface area contributed by atoms with Crippen LogP contribution in [0.15, 0.2) is 79.9 Å². The Kier molecular flexibility index (Phi) is 10.9. The van der Waals surface area contributed by atoms with Crippen molar-refractivity contribution in [1.29, 1.82) is 0 Å². The minimum Gasteiger partial charge on any atom is -0.463 e. The lowest BCUT2D eigenvalue weighted by molar-refractivity contribution is -0.146. The van der Waals surface area contributed by atoms with Crippen molar-refractivity contribution in [2.24, 2.45) is 11.8 Å². The summed E-state index contributed by atoms with van der Waals surface area (Å²) < 4.78 is 12.1. The van der Waals surface area contributed by atoms with Gasteiger partial charge in [0.1, 0.15) is 18.2 Å². The minimum atomic E-state index is -1.34. The highest BCUT2D eigenvalue weighted by molar-refractivity contribution is 9.09. The molecular weight excluding hydrogens is 690 g/mol. The zero-order valence-electron chi connectivity index (χ0n) is 26.1. The summed E-state index contributed by atoms with van der Waals surface area (Å²) in [6.45, 7) is 8.75. The second-order valence-electron chi connectivity index (χ2n) is 12.1. The lowest BCUT2D eigenvalue weighted by atomic mass is 9.70. The molecular formula is C35H39BrClN3O7. The maximum Gasteiger partial charge on any atom is 0.306 e. The second kappa shape index (κ2) is 14.7. The topological polar surface area (TPSA) is 125 Å². The number of aliphatic hydroxyl groups is 1. The van der Waals surface area contributed by atoms with E-state index < -0.39 is 72.0 Å². The van der Waals surface area contributed by atoms with Gasteiger partial charge in [-0.3, -0.25) is 19.2 Å². The van der Waals surface area contributed by atoms with E-state index >= 15 is 0 Å². The number of carbonyl (C=O) groups excluding carboxylic acids is 4. The van der Waals surface area contributed by atoms with Crippen molar-refractivity contribution in [1.82, 2.24) is 10.2 Å². The largest absolute Gasteiger partial charge is 0.463 e. The number of nitrogens with one attached hydrogen (secondary N) is 1. The van der Waals surface area contributed by atoms with Crippen molar-refractivity contribution in [3.8, 4) is 0 Å². The first-order valence-electron chi connectivity index (χ1n) is 15.6. The number of rotatable bonds is 14. The normalized spacial score (nSPS) is 27.1. The molecule has 3 aliphatic heterocycles. The fourth-order valence-corrected chi connectivity index (χ4v) is 8.14. The van der Waals surface area contributed by atoms with Crippen LogP contribution in [0.1, 0.15) is 37.8 Å². The number of halogens is 2. The number of hydrogen-bond donors (Lipinski definition) is 2. The van der Waals surface area contributed by atoms with Crippen LogP contribution in [0.2, 0.25) is 5.02 Å². The Morgan fingerprint density at radius 3 is 2.53 bits per heavy atom. The van der Waals surface area contributed by atoms with Crippen LogP contribution in [0.25, 0.3) is 0 Å². The van der Waals surface area contributed by atoms with E-state index in [1.807, 2.05) is 30.3 Å². The lowest BCUT2D eigenvalue weighted by Gasteiger charge is -2.38. The van der Waals surface area contributed by atoms with E-state index in [-0.39, 0.29) is 24.4 Å². The number of fused-ring (bicyclic) bond motifs is 1. The van der Waals surface area contributed by atoms with E-state index in [1.54, 1.807) is 43.3 Å². The molecule has 2 aromatic rings. The van der Waals surface area contributed by atoms with Gasteiger partial charge in [-0.1, -0.05) is 70.0 Å². The number of carbonyl (C=O) groups is 4. The molecule has 0 radical (unpaired) electrons. The molecule has 0 aromatic heterocycles. The van der Waals surface area contributed by atoms with Gasteiger partial charge in [-0.25, -0.2) is 0 Å². The molecule has 2 aromatic carbocycles. The van der Waals surface area contributed by atoms with Gasteiger partial charge in [-0.2, -0.15) is 0 Å². The number of benzene rings is 2. The molecule has 10 nitrogen and oxygen atoms in total. The van der Waals surface area contributed by atoms with Crippen LogP contribution in [-0.4, -0.2) is 82.1 Å². The Hall–Kier alpha value is -3.51. The molecule has 2 N–H and O–H groups in total. The highest BCUT2D eigenvalue weighted by Gasteiger charge is 2.77. The third-order valence-electron chi connectivity index (χ3n) is 9.20. The van der Waals surface area contributed by atoms with Gasteiger partial charge in [0.25, 0.3) is 5.91 Å². The number of esters is 1. The number of nitrogens with zero attached hydrogens (tertiary/aromatic N) is 2. The van der Waals surface area contributed by atoms with Crippen molar-refractivity contribution in [3.63, 3.8) is 0 Å². The van der Waals surface area contributed by atoms with Crippen LogP contribution in [0.4, 0.5) is 5.69 Å². The van der Waals surface area contributed by atoms with Crippen LogP contribution in [0, 0.1) is 11.8 Å². The zero-order chi connectivity index (χ0) is 33.9. The molecule has 12 heteroatoms. The van der Waals surface area contributed by atoms with E-state index in [4.69, 9.17) is 21.1 Å². The van der Waals surface area contributed by atoms with Crippen LogP contribution >= 0.6 is 27.5 Å². The SMILES string of the molecule is C=CCCC(=O)OC[C@@H](NC(=O)[C@@H]1[C@H]2O[C@@]3(CC2Br)[C@H](C(=O)N(CC=C)c2ccc(Cl)cc2)N([C@H](C)CO)C(=O)[C@@H]13)c1ccccc1. The Labute approximate surface area is 287 Å². The van der Waals surface area contributed by atoms with Crippen LogP contribution in [0.5, 0.6) is 0 Å². The maximum absolute atomic E-state index is 14.6. The Morgan fingerprint density at radius 1 is 1.19 bits per heavy atom. The van der Waals surface area contributed by atoms with E-state index in [1.165, 1.54) is 9.80 Å². The molecule has 0 saturated carbocycles. The number of alkyl halides is 1. The van der Waals surface area contributed by atoms with Crippen molar-refractivity contribution in [2.45, 2.75) is 60.8 Å². The Morgan fingerprint density at radius 2 is 1.89 bits per heavy atom. The molecule has 8 atom stereocenters. The van der Waals surface area contributed by atoms with E-state index in [2.05, 4.69) is 34.4 Å². The smallest absolute Gasteiger partial charge is 0.306 e. The molecule has 5 rings (SSSR count). The number of likely N-dealkylation sites (tertiary alicyclic amines) is 1. The number of allylic oxidation sites excluding steroid dienone is 1. The third kappa shape index (κ3) is 6.63. The second-order valence-corrected chi connectivity index (χ2v) is 13.7. The standard InChI is InChI=1S/C35H39BrClN3O7/c1-4-6-12-27(42)46-20-26(22-10-8-7-9-11-22)38-32(43)28-29-33(44)40(21(3)19-41)31(35(29)18-25(36)30(28)47-35)34(45)39(17-5-2)24-15-13-23(37)14-16-24/h4-5,7-11,13-16,21,25-26,28-31,41H,1-2,6,12,17-20H2,3H3,(H,38,43)/t21-,25?,26-,28+,29-,30+,31+,35-/m1/s1. The number of anilines is 1. The highest BCUT2D eigenvalue weighted by Crippen LogP contribution is 2.60. The fraction of sp³-hybridized carbons (Fsp3) is 0.429. The maximum atomic E-state index is 14.6. The quantitative estimate of drug-likeness (QED) is 0.168. The average Bonchev–Trinajstić information content (AvgIpc) is 3.67. The molecule has 1 unspecified atom stereocenters. The van der Waals surface area contributed by atoms with E-state index in [0.29, 0.717) is 23.6 Å². The van der Waals surface area contributed by atoms with Crippen molar-refractivity contribution >= 4 is 56.9 Å². The first kappa shape index (κ1) is 34.8. The molecule has 0 aliphatic carbocycles. The summed E-state index contributed by atoms with van der Waals surface area (Å²) in [7, 11) is 0. The Bertz CT molecular complexity index is 1510. The van der Waals surface area contributed by atoms with Gasteiger partial charge in [0.05, 0.1) is 36.6 Å².